The Bertz CT molecular complexity index is 502. The summed E-state index contributed by atoms with van der Waals surface area (Å²) in [6, 6.07) is 5.15. The van der Waals surface area contributed by atoms with Crippen molar-refractivity contribution in [3.63, 3.8) is 0 Å². The zero-order chi connectivity index (χ0) is 15.3. The average Bonchev–Trinajstić information content (AvgIpc) is 2.53. The van der Waals surface area contributed by atoms with E-state index < -0.39 is 0 Å². The topological polar surface area (TPSA) is 64.4 Å². The first-order valence-corrected chi connectivity index (χ1v) is 8.45. The van der Waals surface area contributed by atoms with Gasteiger partial charge in [-0.3, -0.25) is 10.1 Å². The number of nitro benzene ring substituents is 1. The number of ether oxygens (including phenoxy) is 1. The fourth-order valence-corrected chi connectivity index (χ4v) is 3.84. The molecule has 0 atom stereocenters. The van der Waals surface area contributed by atoms with Crippen LogP contribution in [0.3, 0.4) is 0 Å². The number of nitrogens with one attached hydrogen (secondary N) is 1. The summed E-state index contributed by atoms with van der Waals surface area (Å²) in [6.45, 7) is 0.752. The van der Waals surface area contributed by atoms with Gasteiger partial charge >= 0.3 is 5.69 Å². The van der Waals surface area contributed by atoms with Gasteiger partial charge in [0.25, 0.3) is 0 Å². The molecule has 116 valence electrons. The second kappa shape index (κ2) is 7.02. The van der Waals surface area contributed by atoms with E-state index in [1.54, 1.807) is 18.2 Å². The smallest absolute Gasteiger partial charge is 0.333 e. The van der Waals surface area contributed by atoms with Gasteiger partial charge in [0, 0.05) is 11.3 Å². The van der Waals surface area contributed by atoms with Crippen LogP contribution in [0.1, 0.15) is 32.1 Å². The molecule has 2 rings (SSSR count). The summed E-state index contributed by atoms with van der Waals surface area (Å²) in [6.07, 6.45) is 8.23. The number of para-hydroxylation sites is 1. The van der Waals surface area contributed by atoms with Gasteiger partial charge in [0.2, 0.25) is 0 Å². The zero-order valence-corrected chi connectivity index (χ0v) is 13.4. The molecule has 1 fully saturated rings. The first kappa shape index (κ1) is 15.9. The molecule has 0 bridgehead atoms. The first-order valence-electron chi connectivity index (χ1n) is 7.22. The molecule has 1 aliphatic carbocycles. The van der Waals surface area contributed by atoms with Crippen LogP contribution in [-0.2, 0) is 0 Å². The maximum Gasteiger partial charge on any atom is 0.333 e. The highest BCUT2D eigenvalue weighted by molar-refractivity contribution is 8.00. The number of nitro groups is 1. The molecule has 5 nitrogen and oxygen atoms in total. The van der Waals surface area contributed by atoms with Crippen molar-refractivity contribution in [2.75, 3.05) is 25.2 Å². The van der Waals surface area contributed by atoms with Gasteiger partial charge in [-0.2, -0.15) is 11.8 Å². The van der Waals surface area contributed by atoms with Gasteiger partial charge in [0.15, 0.2) is 5.75 Å². The van der Waals surface area contributed by atoms with Crippen molar-refractivity contribution >= 4 is 23.1 Å². The van der Waals surface area contributed by atoms with Gasteiger partial charge in [-0.25, -0.2) is 0 Å². The lowest BCUT2D eigenvalue weighted by Gasteiger charge is -2.36. The van der Waals surface area contributed by atoms with Gasteiger partial charge in [-0.1, -0.05) is 25.3 Å². The Balaban J connectivity index is 2.17. The average molecular weight is 310 g/mol. The minimum Gasteiger partial charge on any atom is -0.490 e. The van der Waals surface area contributed by atoms with Crippen LogP contribution in [0.2, 0.25) is 0 Å². The maximum absolute atomic E-state index is 11.3. The fourth-order valence-electron chi connectivity index (χ4n) is 2.92. The molecule has 0 saturated heterocycles. The van der Waals surface area contributed by atoms with E-state index in [1.807, 2.05) is 11.8 Å². The maximum atomic E-state index is 11.3. The SMILES string of the molecule is COc1cccc(NCC2(SC)CCCCC2)c1[N+](=O)[O-]. The number of hydrogen-bond donors (Lipinski definition) is 1. The number of benzene rings is 1. The lowest BCUT2D eigenvalue weighted by Crippen LogP contribution is -2.35. The molecule has 0 aliphatic heterocycles. The van der Waals surface area contributed by atoms with Crippen LogP contribution < -0.4 is 10.1 Å². The monoisotopic (exact) mass is 310 g/mol. The number of hydrogen-bond acceptors (Lipinski definition) is 5. The molecule has 0 spiro atoms. The number of nitrogens with zero attached hydrogens (tertiary/aromatic N) is 1. The van der Waals surface area contributed by atoms with Crippen LogP contribution in [0, 0.1) is 10.1 Å². The summed E-state index contributed by atoms with van der Waals surface area (Å²) in [5, 5.41) is 14.6. The molecule has 0 radical (unpaired) electrons. The Morgan fingerprint density at radius 1 is 1.38 bits per heavy atom. The molecule has 1 aliphatic rings. The molecule has 21 heavy (non-hydrogen) atoms. The van der Waals surface area contributed by atoms with E-state index in [1.165, 1.54) is 39.2 Å². The predicted octanol–water partition coefficient (Wildman–Crippen LogP) is 4.08. The quantitative estimate of drug-likeness (QED) is 0.633. The van der Waals surface area contributed by atoms with Crippen molar-refractivity contribution < 1.29 is 9.66 Å². The lowest BCUT2D eigenvalue weighted by atomic mass is 9.88. The summed E-state index contributed by atoms with van der Waals surface area (Å²) < 4.78 is 5.29. The minimum atomic E-state index is -0.381. The van der Waals surface area contributed by atoms with Crippen molar-refractivity contribution in [1.82, 2.24) is 0 Å². The Morgan fingerprint density at radius 2 is 2.10 bits per heavy atom. The van der Waals surface area contributed by atoms with Crippen LogP contribution in [0.25, 0.3) is 0 Å². The van der Waals surface area contributed by atoms with Crippen molar-refractivity contribution in [2.24, 2.45) is 0 Å². The second-order valence-electron chi connectivity index (χ2n) is 5.41. The summed E-state index contributed by atoms with van der Waals surface area (Å²) >= 11 is 1.87. The van der Waals surface area contributed by atoms with E-state index >= 15 is 0 Å². The van der Waals surface area contributed by atoms with Gasteiger partial charge < -0.3 is 10.1 Å². The van der Waals surface area contributed by atoms with E-state index in [9.17, 15) is 10.1 Å². The lowest BCUT2D eigenvalue weighted by molar-refractivity contribution is -0.384. The molecule has 0 aromatic heterocycles. The highest BCUT2D eigenvalue weighted by Crippen LogP contribution is 2.40. The van der Waals surface area contributed by atoms with Crippen LogP contribution in [0.5, 0.6) is 5.75 Å². The molecule has 6 heteroatoms. The number of thioether (sulfide) groups is 1. The molecule has 1 N–H and O–H groups in total. The fraction of sp³-hybridized carbons (Fsp3) is 0.600. The van der Waals surface area contributed by atoms with E-state index in [0.717, 1.165) is 6.54 Å². The molecule has 0 unspecified atom stereocenters. The standard InChI is InChI=1S/C15H22N2O3S/c1-20-13-8-6-7-12(14(13)17(18)19)16-11-15(21-2)9-4-3-5-10-15/h6-8,16H,3-5,9-11H2,1-2H3. The van der Waals surface area contributed by atoms with Crippen molar-refractivity contribution in [2.45, 2.75) is 36.9 Å². The molecule has 0 heterocycles. The Kier molecular flexibility index (Phi) is 5.33. The Morgan fingerprint density at radius 3 is 2.67 bits per heavy atom. The number of anilines is 1. The number of rotatable bonds is 6. The van der Waals surface area contributed by atoms with E-state index in [0.29, 0.717) is 11.4 Å². The molecular weight excluding hydrogens is 288 g/mol. The first-order chi connectivity index (χ1) is 10.1. The van der Waals surface area contributed by atoms with E-state index in [-0.39, 0.29) is 15.4 Å². The van der Waals surface area contributed by atoms with Crippen molar-refractivity contribution in [3.05, 3.63) is 28.3 Å². The second-order valence-corrected chi connectivity index (χ2v) is 6.69. The molecule has 1 aromatic rings. The predicted molar refractivity (Wildman–Crippen MR) is 87.5 cm³/mol. The Hall–Kier alpha value is -1.43. The summed E-state index contributed by atoms with van der Waals surface area (Å²) in [5.41, 5.74) is 0.561. The van der Waals surface area contributed by atoms with Crippen LogP contribution in [0.4, 0.5) is 11.4 Å². The summed E-state index contributed by atoms with van der Waals surface area (Å²) in [5.74, 6) is 0.298. The van der Waals surface area contributed by atoms with E-state index in [4.69, 9.17) is 4.74 Å². The highest BCUT2D eigenvalue weighted by atomic mass is 32.2. The third-order valence-corrected chi connectivity index (χ3v) is 5.62. The summed E-state index contributed by atoms with van der Waals surface area (Å²) in [4.78, 5) is 10.9. The van der Waals surface area contributed by atoms with Gasteiger partial charge in [-0.05, 0) is 31.2 Å². The van der Waals surface area contributed by atoms with Gasteiger partial charge in [0.1, 0.15) is 5.69 Å². The Labute approximate surface area is 129 Å². The normalized spacial score (nSPS) is 17.2. The van der Waals surface area contributed by atoms with Crippen molar-refractivity contribution in [1.29, 1.82) is 0 Å². The van der Waals surface area contributed by atoms with Gasteiger partial charge in [0.05, 0.1) is 12.0 Å². The third-order valence-electron chi connectivity index (χ3n) is 4.20. The van der Waals surface area contributed by atoms with Crippen LogP contribution in [0.15, 0.2) is 18.2 Å². The van der Waals surface area contributed by atoms with Gasteiger partial charge in [-0.15, -0.1) is 0 Å². The van der Waals surface area contributed by atoms with Crippen LogP contribution in [-0.4, -0.2) is 29.6 Å². The largest absolute Gasteiger partial charge is 0.490 e. The van der Waals surface area contributed by atoms with Crippen molar-refractivity contribution in [3.8, 4) is 5.75 Å². The number of methoxy groups -OCH3 is 1. The highest BCUT2D eigenvalue weighted by Gasteiger charge is 2.32. The summed E-state index contributed by atoms with van der Waals surface area (Å²) in [7, 11) is 1.45. The molecule has 1 saturated carbocycles. The zero-order valence-electron chi connectivity index (χ0n) is 12.6. The van der Waals surface area contributed by atoms with Crippen LogP contribution >= 0.6 is 11.8 Å². The molecule has 1 aromatic carbocycles. The van der Waals surface area contributed by atoms with E-state index in [2.05, 4.69) is 11.6 Å². The third kappa shape index (κ3) is 3.61. The minimum absolute atomic E-state index is 0.0204. The molecule has 0 amide bonds. The molecular formula is C15H22N2O3S.